The van der Waals surface area contributed by atoms with Gasteiger partial charge in [0.05, 0.1) is 5.92 Å². The third kappa shape index (κ3) is 3.67. The van der Waals surface area contributed by atoms with Crippen LogP contribution in [-0.2, 0) is 9.59 Å². The molecule has 2 aliphatic rings. The van der Waals surface area contributed by atoms with Gasteiger partial charge in [0, 0.05) is 29.8 Å². The summed E-state index contributed by atoms with van der Waals surface area (Å²) in [5, 5.41) is 12.2. The fourth-order valence-electron chi connectivity index (χ4n) is 3.58. The molecule has 1 heterocycles. The topological polar surface area (TPSA) is 86.7 Å². The van der Waals surface area contributed by atoms with Gasteiger partial charge in [-0.15, -0.1) is 0 Å². The van der Waals surface area contributed by atoms with Crippen LogP contribution >= 0.6 is 0 Å². The Labute approximate surface area is 147 Å². The van der Waals surface area contributed by atoms with Gasteiger partial charge in [0.15, 0.2) is 0 Å². The summed E-state index contributed by atoms with van der Waals surface area (Å²) >= 11 is 0. The van der Waals surface area contributed by atoms with Crippen LogP contribution in [0.4, 0.5) is 5.69 Å². The first-order chi connectivity index (χ1) is 11.9. The molecule has 2 N–H and O–H groups in total. The summed E-state index contributed by atoms with van der Waals surface area (Å²) in [6, 6.07) is 6.53. The van der Waals surface area contributed by atoms with Crippen LogP contribution in [0.1, 0.15) is 43.5 Å². The van der Waals surface area contributed by atoms with Crippen LogP contribution in [-0.4, -0.2) is 40.4 Å². The van der Waals surface area contributed by atoms with Crippen molar-refractivity contribution >= 4 is 23.5 Å². The fraction of sp³-hybridized carbons (Fsp3) is 0.526. The number of nitrogens with one attached hydrogen (secondary N) is 1. The highest BCUT2D eigenvalue weighted by Gasteiger charge is 2.39. The van der Waals surface area contributed by atoms with Gasteiger partial charge in [0.2, 0.25) is 5.91 Å². The van der Waals surface area contributed by atoms with E-state index in [0.717, 1.165) is 6.42 Å². The van der Waals surface area contributed by atoms with E-state index in [1.807, 2.05) is 6.92 Å². The molecule has 6 heteroatoms. The molecule has 4 atom stereocenters. The van der Waals surface area contributed by atoms with E-state index in [1.54, 1.807) is 36.1 Å². The highest BCUT2D eigenvalue weighted by molar-refractivity contribution is 5.98. The first-order valence-electron chi connectivity index (χ1n) is 8.83. The predicted octanol–water partition coefficient (Wildman–Crippen LogP) is 2.61. The lowest BCUT2D eigenvalue weighted by Crippen LogP contribution is -2.49. The zero-order chi connectivity index (χ0) is 18.1. The van der Waals surface area contributed by atoms with Crippen molar-refractivity contribution in [3.8, 4) is 0 Å². The Bertz CT molecular complexity index is 702. The minimum absolute atomic E-state index is 0.00520. The molecule has 1 saturated carbocycles. The van der Waals surface area contributed by atoms with Crippen LogP contribution in [0.25, 0.3) is 0 Å². The van der Waals surface area contributed by atoms with Gasteiger partial charge in [-0.2, -0.15) is 0 Å². The number of anilines is 1. The second kappa shape index (κ2) is 6.86. The van der Waals surface area contributed by atoms with Crippen molar-refractivity contribution in [2.24, 2.45) is 17.8 Å². The summed E-state index contributed by atoms with van der Waals surface area (Å²) in [5.41, 5.74) is 1.08. The SMILES string of the molecule is CC1CC1C(=O)Nc1cccc(C(=O)N2CCC[C@H](C(=O)O)[C@@H]2C)c1. The zero-order valence-electron chi connectivity index (χ0n) is 14.6. The standard InChI is InChI=1S/C19H24N2O4/c1-11-9-16(11)17(22)20-14-6-3-5-13(10-14)18(23)21-8-4-7-15(12(21)2)19(24)25/h3,5-6,10-12,15-16H,4,7-9H2,1-2H3,(H,20,22)(H,24,25)/t11?,12-,15-,16?/m0/s1. The molecule has 25 heavy (non-hydrogen) atoms. The largest absolute Gasteiger partial charge is 0.481 e. The maximum absolute atomic E-state index is 12.8. The highest BCUT2D eigenvalue weighted by atomic mass is 16.4. The number of carboxylic acid groups (broad SMARTS) is 1. The van der Waals surface area contributed by atoms with Crippen LogP contribution in [0.5, 0.6) is 0 Å². The van der Waals surface area contributed by atoms with E-state index in [-0.39, 0.29) is 23.8 Å². The number of hydrogen-bond acceptors (Lipinski definition) is 3. The van der Waals surface area contributed by atoms with Gasteiger partial charge < -0.3 is 15.3 Å². The molecule has 0 bridgehead atoms. The first-order valence-corrected chi connectivity index (χ1v) is 8.83. The maximum atomic E-state index is 12.8. The molecule has 1 saturated heterocycles. The Hall–Kier alpha value is -2.37. The minimum Gasteiger partial charge on any atom is -0.481 e. The molecule has 2 fully saturated rings. The molecule has 2 unspecified atom stereocenters. The monoisotopic (exact) mass is 344 g/mol. The average molecular weight is 344 g/mol. The molecule has 0 aromatic heterocycles. The summed E-state index contributed by atoms with van der Waals surface area (Å²) < 4.78 is 0. The van der Waals surface area contributed by atoms with Crippen LogP contribution in [0.15, 0.2) is 24.3 Å². The molecule has 0 spiro atoms. The molecule has 0 radical (unpaired) electrons. The van der Waals surface area contributed by atoms with Crippen molar-refractivity contribution in [3.63, 3.8) is 0 Å². The van der Waals surface area contributed by atoms with E-state index in [4.69, 9.17) is 0 Å². The molecule has 1 aliphatic heterocycles. The van der Waals surface area contributed by atoms with E-state index < -0.39 is 11.9 Å². The van der Waals surface area contributed by atoms with E-state index in [9.17, 15) is 19.5 Å². The van der Waals surface area contributed by atoms with Gasteiger partial charge in [0.25, 0.3) is 5.91 Å². The Morgan fingerprint density at radius 2 is 1.92 bits per heavy atom. The third-order valence-electron chi connectivity index (χ3n) is 5.39. The van der Waals surface area contributed by atoms with Crippen LogP contribution < -0.4 is 5.32 Å². The van der Waals surface area contributed by atoms with Gasteiger partial charge in [0.1, 0.15) is 0 Å². The summed E-state index contributed by atoms with van der Waals surface area (Å²) in [6.07, 6.45) is 2.19. The number of nitrogens with zero attached hydrogens (tertiary/aromatic N) is 1. The molecule has 3 rings (SSSR count). The molecule has 2 amide bonds. The lowest BCUT2D eigenvalue weighted by Gasteiger charge is -2.37. The van der Waals surface area contributed by atoms with Crippen molar-refractivity contribution in [1.29, 1.82) is 0 Å². The number of carbonyl (C=O) groups excluding carboxylic acids is 2. The number of likely N-dealkylation sites (tertiary alicyclic amines) is 1. The number of benzene rings is 1. The van der Waals surface area contributed by atoms with Crippen molar-refractivity contribution in [1.82, 2.24) is 4.90 Å². The van der Waals surface area contributed by atoms with Gasteiger partial charge in [-0.05, 0) is 50.3 Å². The Morgan fingerprint density at radius 1 is 1.20 bits per heavy atom. The van der Waals surface area contributed by atoms with Crippen LogP contribution in [0, 0.1) is 17.8 Å². The van der Waals surface area contributed by atoms with Gasteiger partial charge in [-0.1, -0.05) is 13.0 Å². The van der Waals surface area contributed by atoms with E-state index in [0.29, 0.717) is 36.6 Å². The zero-order valence-corrected chi connectivity index (χ0v) is 14.6. The van der Waals surface area contributed by atoms with Crippen LogP contribution in [0.3, 0.4) is 0 Å². The van der Waals surface area contributed by atoms with Crippen molar-refractivity contribution in [2.45, 2.75) is 39.2 Å². The summed E-state index contributed by atoms with van der Waals surface area (Å²) in [4.78, 5) is 37.9. The number of amides is 2. The molecule has 6 nitrogen and oxygen atoms in total. The minimum atomic E-state index is -0.857. The third-order valence-corrected chi connectivity index (χ3v) is 5.39. The van der Waals surface area contributed by atoms with Crippen molar-refractivity contribution in [3.05, 3.63) is 29.8 Å². The number of hydrogen-bond donors (Lipinski definition) is 2. The number of carbonyl (C=O) groups is 3. The van der Waals surface area contributed by atoms with Crippen LogP contribution in [0.2, 0.25) is 0 Å². The number of rotatable bonds is 4. The summed E-state index contributed by atoms with van der Waals surface area (Å²) in [5.74, 6) is -1.09. The summed E-state index contributed by atoms with van der Waals surface area (Å²) in [6.45, 7) is 4.39. The Morgan fingerprint density at radius 3 is 2.56 bits per heavy atom. The molecule has 1 aromatic carbocycles. The van der Waals surface area contributed by atoms with Gasteiger partial charge in [-0.25, -0.2) is 0 Å². The molecule has 1 aromatic rings. The number of carboxylic acids is 1. The number of piperidine rings is 1. The maximum Gasteiger partial charge on any atom is 0.308 e. The summed E-state index contributed by atoms with van der Waals surface area (Å²) in [7, 11) is 0. The number of aliphatic carboxylic acids is 1. The first kappa shape index (κ1) is 17.5. The molecular weight excluding hydrogens is 320 g/mol. The van der Waals surface area contributed by atoms with E-state index in [1.165, 1.54) is 0 Å². The van der Waals surface area contributed by atoms with E-state index in [2.05, 4.69) is 5.32 Å². The fourth-order valence-corrected chi connectivity index (χ4v) is 3.58. The second-order valence-electron chi connectivity index (χ2n) is 7.22. The smallest absolute Gasteiger partial charge is 0.308 e. The predicted molar refractivity (Wildman–Crippen MR) is 93.2 cm³/mol. The average Bonchev–Trinajstić information content (AvgIpc) is 3.31. The van der Waals surface area contributed by atoms with E-state index >= 15 is 0 Å². The van der Waals surface area contributed by atoms with Gasteiger partial charge >= 0.3 is 5.97 Å². The lowest BCUT2D eigenvalue weighted by atomic mass is 9.90. The molecular formula is C19H24N2O4. The van der Waals surface area contributed by atoms with Gasteiger partial charge in [-0.3, -0.25) is 14.4 Å². The Kier molecular flexibility index (Phi) is 4.79. The molecule has 1 aliphatic carbocycles. The van der Waals surface area contributed by atoms with Crippen molar-refractivity contribution in [2.75, 3.05) is 11.9 Å². The van der Waals surface area contributed by atoms with Crippen molar-refractivity contribution < 1.29 is 19.5 Å². The quantitative estimate of drug-likeness (QED) is 0.879. The molecule has 134 valence electrons. The normalized spacial score (nSPS) is 28.3. The Balaban J connectivity index is 1.72. The second-order valence-corrected chi connectivity index (χ2v) is 7.22. The highest BCUT2D eigenvalue weighted by Crippen LogP contribution is 2.38. The lowest BCUT2D eigenvalue weighted by molar-refractivity contribution is -0.145.